The van der Waals surface area contributed by atoms with Crippen molar-refractivity contribution in [3.05, 3.63) is 36.0 Å². The smallest absolute Gasteiger partial charge is 0.330 e. The van der Waals surface area contributed by atoms with Crippen molar-refractivity contribution >= 4 is 22.8 Å². The van der Waals surface area contributed by atoms with Gasteiger partial charge >= 0.3 is 5.97 Å². The molecule has 2 aromatic rings. The lowest BCUT2D eigenvalue weighted by Gasteiger charge is -2.15. The van der Waals surface area contributed by atoms with Crippen LogP contribution in [0.1, 0.15) is 12.5 Å². The summed E-state index contributed by atoms with van der Waals surface area (Å²) in [5.74, 6) is -0.939. The first-order valence-electron chi connectivity index (χ1n) is 6.47. The Bertz CT molecular complexity index is 699. The zero-order valence-electron chi connectivity index (χ0n) is 11.6. The number of aromatic amines is 1. The number of ether oxygens (including phenoxy) is 1. The molecule has 0 aliphatic carbocycles. The van der Waals surface area contributed by atoms with E-state index in [1.54, 1.807) is 12.3 Å². The number of benzene rings is 1. The van der Waals surface area contributed by atoms with E-state index < -0.39 is 12.0 Å². The number of nitrogens with zero attached hydrogens (tertiary/aromatic N) is 1. The van der Waals surface area contributed by atoms with E-state index in [1.807, 2.05) is 24.3 Å². The molecule has 2 rings (SSSR count). The highest BCUT2D eigenvalue weighted by Gasteiger charge is 2.22. The average molecular weight is 285 g/mol. The Balaban J connectivity index is 2.20. The largest absolute Gasteiger partial charge is 0.449 e. The van der Waals surface area contributed by atoms with Gasteiger partial charge in [-0.25, -0.2) is 4.79 Å². The number of aromatic nitrogens is 1. The van der Waals surface area contributed by atoms with Gasteiger partial charge in [0.05, 0.1) is 0 Å². The van der Waals surface area contributed by atoms with Crippen LogP contribution in [0.15, 0.2) is 30.5 Å². The molecule has 0 fully saturated rings. The second-order valence-corrected chi connectivity index (χ2v) is 4.58. The summed E-state index contributed by atoms with van der Waals surface area (Å²) in [6.45, 7) is 1.00. The van der Waals surface area contributed by atoms with Crippen molar-refractivity contribution in [1.82, 2.24) is 10.3 Å². The van der Waals surface area contributed by atoms with Crippen LogP contribution in [-0.4, -0.2) is 29.5 Å². The van der Waals surface area contributed by atoms with Crippen molar-refractivity contribution < 1.29 is 14.3 Å². The summed E-state index contributed by atoms with van der Waals surface area (Å²) in [5.41, 5.74) is 1.86. The van der Waals surface area contributed by atoms with E-state index in [4.69, 9.17) is 10.00 Å². The third-order valence-electron chi connectivity index (χ3n) is 3.04. The summed E-state index contributed by atoms with van der Waals surface area (Å²) >= 11 is 0. The summed E-state index contributed by atoms with van der Waals surface area (Å²) in [4.78, 5) is 26.2. The fourth-order valence-corrected chi connectivity index (χ4v) is 2.16. The molecule has 0 aliphatic rings. The number of nitrogens with one attached hydrogen (secondary N) is 2. The molecule has 108 valence electrons. The van der Waals surface area contributed by atoms with Crippen molar-refractivity contribution in [2.75, 3.05) is 6.61 Å². The summed E-state index contributed by atoms with van der Waals surface area (Å²) in [7, 11) is 0. The molecule has 6 nitrogen and oxygen atoms in total. The number of amides is 1. The lowest BCUT2D eigenvalue weighted by Crippen LogP contribution is -2.42. The zero-order valence-corrected chi connectivity index (χ0v) is 11.6. The number of hydrogen-bond donors (Lipinski definition) is 2. The Morgan fingerprint density at radius 1 is 1.43 bits per heavy atom. The van der Waals surface area contributed by atoms with Crippen molar-refractivity contribution in [2.45, 2.75) is 19.4 Å². The number of para-hydroxylation sites is 1. The number of carbonyl (C=O) groups excluding carboxylic acids is 2. The molecule has 0 radical (unpaired) electrons. The van der Waals surface area contributed by atoms with E-state index in [1.165, 1.54) is 6.92 Å². The molecule has 1 aromatic heterocycles. The van der Waals surface area contributed by atoms with Crippen LogP contribution in [0.2, 0.25) is 0 Å². The number of esters is 1. The van der Waals surface area contributed by atoms with Crippen molar-refractivity contribution in [3.63, 3.8) is 0 Å². The van der Waals surface area contributed by atoms with Gasteiger partial charge in [-0.05, 0) is 11.6 Å². The van der Waals surface area contributed by atoms with Gasteiger partial charge < -0.3 is 15.0 Å². The Hall–Kier alpha value is -2.81. The van der Waals surface area contributed by atoms with Crippen LogP contribution >= 0.6 is 0 Å². The molecule has 6 heteroatoms. The highest BCUT2D eigenvalue weighted by Crippen LogP contribution is 2.19. The maximum atomic E-state index is 11.9. The van der Waals surface area contributed by atoms with Crippen LogP contribution < -0.4 is 5.32 Å². The van der Waals surface area contributed by atoms with Gasteiger partial charge in [-0.15, -0.1) is 0 Å². The molecule has 0 bridgehead atoms. The highest BCUT2D eigenvalue weighted by molar-refractivity contribution is 5.86. The van der Waals surface area contributed by atoms with Crippen molar-refractivity contribution in [2.24, 2.45) is 0 Å². The molecular weight excluding hydrogens is 270 g/mol. The molecule has 0 saturated carbocycles. The van der Waals surface area contributed by atoms with Gasteiger partial charge in [-0.1, -0.05) is 18.2 Å². The van der Waals surface area contributed by atoms with Gasteiger partial charge in [0.15, 0.2) is 6.61 Å². The SMILES string of the molecule is CC(=O)N[C@@H](Cc1c[nH]c2ccccc12)C(=O)OCC#N. The molecule has 2 N–H and O–H groups in total. The number of rotatable bonds is 5. The second kappa shape index (κ2) is 6.57. The predicted octanol–water partition coefficient (Wildman–Crippen LogP) is 1.28. The molecule has 0 spiro atoms. The van der Waals surface area contributed by atoms with Gasteiger partial charge in [0, 0.05) is 30.4 Å². The number of carbonyl (C=O) groups is 2. The predicted molar refractivity (Wildman–Crippen MR) is 76.2 cm³/mol. The van der Waals surface area contributed by atoms with Crippen LogP contribution in [0, 0.1) is 11.3 Å². The summed E-state index contributed by atoms with van der Waals surface area (Å²) in [5, 5.41) is 12.0. The number of fused-ring (bicyclic) bond motifs is 1. The van der Waals surface area contributed by atoms with Crippen LogP contribution in [-0.2, 0) is 20.7 Å². The molecular formula is C15H15N3O3. The van der Waals surface area contributed by atoms with Crippen LogP contribution in [0.25, 0.3) is 10.9 Å². The Morgan fingerprint density at radius 2 is 2.19 bits per heavy atom. The van der Waals surface area contributed by atoms with Crippen LogP contribution in [0.5, 0.6) is 0 Å². The minimum absolute atomic E-state index is 0.299. The second-order valence-electron chi connectivity index (χ2n) is 4.58. The lowest BCUT2D eigenvalue weighted by molar-refractivity contribution is -0.146. The van der Waals surface area contributed by atoms with Gasteiger partial charge in [-0.2, -0.15) is 5.26 Å². The monoisotopic (exact) mass is 285 g/mol. The molecule has 1 amide bonds. The molecule has 0 aliphatic heterocycles. The van der Waals surface area contributed by atoms with E-state index in [2.05, 4.69) is 10.3 Å². The lowest BCUT2D eigenvalue weighted by atomic mass is 10.0. The summed E-state index contributed by atoms with van der Waals surface area (Å²) in [6, 6.07) is 8.61. The average Bonchev–Trinajstić information content (AvgIpc) is 2.87. The Kier molecular flexibility index (Phi) is 4.57. The minimum Gasteiger partial charge on any atom is -0.449 e. The number of hydrogen-bond acceptors (Lipinski definition) is 4. The zero-order chi connectivity index (χ0) is 15.2. The first-order valence-corrected chi connectivity index (χ1v) is 6.47. The highest BCUT2D eigenvalue weighted by atomic mass is 16.5. The quantitative estimate of drug-likeness (QED) is 0.809. The topological polar surface area (TPSA) is 95.0 Å². The van der Waals surface area contributed by atoms with Crippen LogP contribution in [0.4, 0.5) is 0 Å². The fraction of sp³-hybridized carbons (Fsp3) is 0.267. The first-order chi connectivity index (χ1) is 10.1. The van der Waals surface area contributed by atoms with Crippen molar-refractivity contribution in [1.29, 1.82) is 5.26 Å². The molecule has 1 atom stereocenters. The van der Waals surface area contributed by atoms with E-state index in [0.29, 0.717) is 6.42 Å². The molecule has 0 unspecified atom stereocenters. The first kappa shape index (κ1) is 14.6. The van der Waals surface area contributed by atoms with Gasteiger partial charge in [0.1, 0.15) is 12.1 Å². The summed E-state index contributed by atoms with van der Waals surface area (Å²) < 4.78 is 4.79. The third-order valence-corrected chi connectivity index (χ3v) is 3.04. The molecule has 1 heterocycles. The van der Waals surface area contributed by atoms with E-state index in [9.17, 15) is 9.59 Å². The van der Waals surface area contributed by atoms with Gasteiger partial charge in [0.25, 0.3) is 0 Å². The van der Waals surface area contributed by atoms with Crippen molar-refractivity contribution in [3.8, 4) is 6.07 Å². The molecule has 1 aromatic carbocycles. The third kappa shape index (κ3) is 3.60. The maximum Gasteiger partial charge on any atom is 0.330 e. The van der Waals surface area contributed by atoms with E-state index >= 15 is 0 Å². The molecule has 21 heavy (non-hydrogen) atoms. The normalized spacial score (nSPS) is 11.6. The number of H-pyrrole nitrogens is 1. The maximum absolute atomic E-state index is 11.9. The Labute approximate surface area is 121 Å². The Morgan fingerprint density at radius 3 is 2.90 bits per heavy atom. The van der Waals surface area contributed by atoms with Crippen LogP contribution in [0.3, 0.4) is 0 Å². The van der Waals surface area contributed by atoms with Gasteiger partial charge in [0.2, 0.25) is 5.91 Å². The fourth-order valence-electron chi connectivity index (χ4n) is 2.16. The van der Waals surface area contributed by atoms with Gasteiger partial charge in [-0.3, -0.25) is 4.79 Å². The standard InChI is InChI=1S/C15H15N3O3/c1-10(19)18-14(15(20)21-7-6-16)8-11-9-17-13-5-3-2-4-12(11)13/h2-5,9,14,17H,7-8H2,1H3,(H,18,19)/t14-/m0/s1. The molecule has 0 saturated heterocycles. The summed E-state index contributed by atoms with van der Waals surface area (Å²) in [6.07, 6.45) is 2.10. The minimum atomic E-state index is -0.810. The van der Waals surface area contributed by atoms with E-state index in [-0.39, 0.29) is 12.5 Å². The number of nitriles is 1. The van der Waals surface area contributed by atoms with E-state index in [0.717, 1.165) is 16.5 Å².